The van der Waals surface area contributed by atoms with Crippen LogP contribution in [0.2, 0.25) is 0 Å². The number of hydrogen-bond donors (Lipinski definition) is 1. The molecule has 0 fully saturated rings. The number of alkyl halides is 4. The molecule has 2 aromatic rings. The summed E-state index contributed by atoms with van der Waals surface area (Å²) >= 11 is 3.27. The van der Waals surface area contributed by atoms with Gasteiger partial charge in [-0.3, -0.25) is 9.48 Å². The number of aromatic nitrogens is 2. The number of carbonyl (C=O) groups is 1. The summed E-state index contributed by atoms with van der Waals surface area (Å²) in [5.41, 5.74) is 0.743. The molecular weight excluding hydrogens is 422 g/mol. The van der Waals surface area contributed by atoms with Crippen LogP contribution in [0.3, 0.4) is 0 Å². The van der Waals surface area contributed by atoms with Crippen LogP contribution in [0, 0.1) is 0 Å². The average Bonchev–Trinajstić information content (AvgIpc) is 3.00. The fourth-order valence-corrected chi connectivity index (χ4v) is 2.34. The molecule has 1 amide bonds. The van der Waals surface area contributed by atoms with Gasteiger partial charge >= 0.3 is 12.3 Å². The molecule has 0 aliphatic rings. The van der Waals surface area contributed by atoms with E-state index in [4.69, 9.17) is 0 Å². The molecule has 2 rings (SSSR count). The van der Waals surface area contributed by atoms with E-state index in [1.54, 1.807) is 35.3 Å². The van der Waals surface area contributed by atoms with Gasteiger partial charge in [0.2, 0.25) is 0 Å². The summed E-state index contributed by atoms with van der Waals surface area (Å²) in [6.07, 6.45) is -0.391. The van der Waals surface area contributed by atoms with Gasteiger partial charge in [0.15, 0.2) is 0 Å². The summed E-state index contributed by atoms with van der Waals surface area (Å²) in [4.78, 5) is 12.1. The van der Waals surface area contributed by atoms with Gasteiger partial charge < -0.3 is 10.1 Å². The quantitative estimate of drug-likeness (QED) is 0.610. The highest BCUT2D eigenvalue weighted by Gasteiger charge is 2.40. The third-order valence-corrected chi connectivity index (χ3v) is 3.71. The molecule has 1 aromatic carbocycles. The molecule has 1 aromatic heterocycles. The smallest absolute Gasteiger partial charge is 0.330 e. The molecule has 1 heterocycles. The SMILES string of the molecule is O=C(NCCn1cc(Br)cn1)c1cccc(COCC(F)(F)C(F)F)c1. The van der Waals surface area contributed by atoms with Crippen molar-refractivity contribution in [3.63, 3.8) is 0 Å². The van der Waals surface area contributed by atoms with Gasteiger partial charge in [-0.2, -0.15) is 13.9 Å². The molecule has 142 valence electrons. The molecule has 0 saturated heterocycles. The van der Waals surface area contributed by atoms with E-state index in [2.05, 4.69) is 31.1 Å². The Bertz CT molecular complexity index is 740. The normalized spacial score (nSPS) is 11.8. The Morgan fingerprint density at radius 1 is 1.38 bits per heavy atom. The van der Waals surface area contributed by atoms with Crippen LogP contribution >= 0.6 is 15.9 Å². The van der Waals surface area contributed by atoms with Gasteiger partial charge in [-0.1, -0.05) is 12.1 Å². The van der Waals surface area contributed by atoms with E-state index in [1.165, 1.54) is 6.07 Å². The monoisotopic (exact) mass is 437 g/mol. The van der Waals surface area contributed by atoms with Crippen LogP contribution in [-0.4, -0.2) is 41.2 Å². The van der Waals surface area contributed by atoms with E-state index in [-0.39, 0.29) is 12.5 Å². The first kappa shape index (κ1) is 20.4. The van der Waals surface area contributed by atoms with Crippen molar-refractivity contribution >= 4 is 21.8 Å². The van der Waals surface area contributed by atoms with Crippen molar-refractivity contribution in [3.05, 3.63) is 52.3 Å². The molecule has 10 heteroatoms. The van der Waals surface area contributed by atoms with Crippen LogP contribution < -0.4 is 5.32 Å². The van der Waals surface area contributed by atoms with Crippen molar-refractivity contribution in [2.45, 2.75) is 25.5 Å². The van der Waals surface area contributed by atoms with E-state index in [9.17, 15) is 22.4 Å². The Morgan fingerprint density at radius 3 is 2.81 bits per heavy atom. The van der Waals surface area contributed by atoms with Crippen molar-refractivity contribution in [2.75, 3.05) is 13.2 Å². The highest BCUT2D eigenvalue weighted by atomic mass is 79.9. The lowest BCUT2D eigenvalue weighted by Crippen LogP contribution is -2.32. The van der Waals surface area contributed by atoms with Gasteiger partial charge in [0.25, 0.3) is 5.91 Å². The zero-order valence-corrected chi connectivity index (χ0v) is 15.1. The highest BCUT2D eigenvalue weighted by Crippen LogP contribution is 2.23. The molecule has 0 atom stereocenters. The first-order valence-electron chi connectivity index (χ1n) is 7.57. The Kier molecular flexibility index (Phi) is 7.15. The number of rotatable bonds is 9. The van der Waals surface area contributed by atoms with Crippen LogP contribution in [0.15, 0.2) is 41.1 Å². The molecule has 0 spiro atoms. The van der Waals surface area contributed by atoms with Gasteiger partial charge in [0, 0.05) is 18.3 Å². The third-order valence-electron chi connectivity index (χ3n) is 3.30. The lowest BCUT2D eigenvalue weighted by Gasteiger charge is -2.15. The molecular formula is C16H16BrF4N3O2. The summed E-state index contributed by atoms with van der Waals surface area (Å²) in [6.45, 7) is -0.873. The van der Waals surface area contributed by atoms with E-state index in [0.717, 1.165) is 4.47 Å². The molecule has 0 saturated carbocycles. The Morgan fingerprint density at radius 2 is 2.15 bits per heavy atom. The maximum absolute atomic E-state index is 12.8. The van der Waals surface area contributed by atoms with E-state index < -0.39 is 19.0 Å². The van der Waals surface area contributed by atoms with Crippen molar-refractivity contribution in [1.29, 1.82) is 0 Å². The summed E-state index contributed by atoms with van der Waals surface area (Å²) in [6, 6.07) is 6.12. The Labute approximate surface area is 155 Å². The van der Waals surface area contributed by atoms with Crippen LogP contribution in [0.5, 0.6) is 0 Å². The molecule has 5 nitrogen and oxygen atoms in total. The third kappa shape index (κ3) is 6.10. The van der Waals surface area contributed by atoms with Crippen LogP contribution in [0.25, 0.3) is 0 Å². The van der Waals surface area contributed by atoms with E-state index in [0.29, 0.717) is 24.2 Å². The maximum atomic E-state index is 12.8. The van der Waals surface area contributed by atoms with Crippen molar-refractivity contribution in [3.8, 4) is 0 Å². The lowest BCUT2D eigenvalue weighted by atomic mass is 10.1. The van der Waals surface area contributed by atoms with E-state index >= 15 is 0 Å². The largest absolute Gasteiger partial charge is 0.370 e. The lowest BCUT2D eigenvalue weighted by molar-refractivity contribution is -0.168. The summed E-state index contributed by atoms with van der Waals surface area (Å²) in [5, 5.41) is 6.76. The van der Waals surface area contributed by atoms with Gasteiger partial charge in [-0.15, -0.1) is 0 Å². The second-order valence-electron chi connectivity index (χ2n) is 5.43. The molecule has 0 bridgehead atoms. The van der Waals surface area contributed by atoms with Gasteiger partial charge in [-0.25, -0.2) is 8.78 Å². The Balaban J connectivity index is 1.82. The second-order valence-corrected chi connectivity index (χ2v) is 6.35. The number of carbonyl (C=O) groups excluding carboxylic acids is 1. The fraction of sp³-hybridized carbons (Fsp3) is 0.375. The van der Waals surface area contributed by atoms with Gasteiger partial charge in [-0.05, 0) is 33.6 Å². The van der Waals surface area contributed by atoms with Crippen molar-refractivity contribution < 1.29 is 27.1 Å². The minimum absolute atomic E-state index is 0.301. The minimum atomic E-state index is -4.20. The maximum Gasteiger partial charge on any atom is 0.330 e. The number of nitrogens with one attached hydrogen (secondary N) is 1. The number of nitrogens with zero attached hydrogens (tertiary/aromatic N) is 2. The van der Waals surface area contributed by atoms with Gasteiger partial charge in [0.05, 0.1) is 23.8 Å². The van der Waals surface area contributed by atoms with Crippen LogP contribution in [-0.2, 0) is 17.9 Å². The van der Waals surface area contributed by atoms with Crippen LogP contribution in [0.4, 0.5) is 17.6 Å². The highest BCUT2D eigenvalue weighted by molar-refractivity contribution is 9.10. The molecule has 1 N–H and O–H groups in total. The summed E-state index contributed by atoms with van der Waals surface area (Å²) < 4.78 is 56.8. The number of ether oxygens (including phenoxy) is 1. The first-order chi connectivity index (χ1) is 12.3. The topological polar surface area (TPSA) is 56.2 Å². The number of benzene rings is 1. The van der Waals surface area contributed by atoms with Gasteiger partial charge in [0.1, 0.15) is 6.61 Å². The molecule has 0 unspecified atom stereocenters. The molecule has 0 aliphatic carbocycles. The fourth-order valence-electron chi connectivity index (χ4n) is 2.02. The average molecular weight is 438 g/mol. The zero-order chi connectivity index (χ0) is 19.2. The molecule has 0 radical (unpaired) electrons. The summed E-state index contributed by atoms with van der Waals surface area (Å²) in [5.74, 6) is -4.55. The predicted octanol–water partition coefficient (Wildman–Crippen LogP) is 3.49. The zero-order valence-electron chi connectivity index (χ0n) is 13.5. The first-order valence-corrected chi connectivity index (χ1v) is 8.36. The van der Waals surface area contributed by atoms with Crippen LogP contribution in [0.1, 0.15) is 15.9 Å². The number of hydrogen-bond acceptors (Lipinski definition) is 3. The summed E-state index contributed by atoms with van der Waals surface area (Å²) in [7, 11) is 0. The molecule has 0 aliphatic heterocycles. The number of halogens is 5. The predicted molar refractivity (Wildman–Crippen MR) is 89.3 cm³/mol. The minimum Gasteiger partial charge on any atom is -0.370 e. The standard InChI is InChI=1S/C16H16BrF4N3O2/c17-13-7-23-24(8-13)5-4-22-14(25)12-3-1-2-11(6-12)9-26-10-16(20,21)15(18)19/h1-3,6-8,15H,4-5,9-10H2,(H,22,25). The molecule has 26 heavy (non-hydrogen) atoms. The van der Waals surface area contributed by atoms with E-state index in [1.807, 2.05) is 0 Å². The number of amides is 1. The van der Waals surface area contributed by atoms with Crippen molar-refractivity contribution in [2.24, 2.45) is 0 Å². The second kappa shape index (κ2) is 9.13. The Hall–Kier alpha value is -1.94. The van der Waals surface area contributed by atoms with Crippen molar-refractivity contribution in [1.82, 2.24) is 15.1 Å².